The molecule has 0 fully saturated rings. The third kappa shape index (κ3) is 17.2. The molecule has 3 N–H and O–H groups in total. The Morgan fingerprint density at radius 3 is 1.93 bits per heavy atom. The Hall–Kier alpha value is -0.870. The normalized spacial score (nSPS) is 15.3. The van der Waals surface area contributed by atoms with E-state index in [-0.39, 0.29) is 12.3 Å². The number of amides is 1. The Labute approximate surface area is 177 Å². The lowest BCUT2D eigenvalue weighted by Crippen LogP contribution is -2.45. The molecule has 28 heavy (non-hydrogen) atoms. The van der Waals surface area contributed by atoms with E-state index in [4.69, 9.17) is 2.74 Å². The lowest BCUT2D eigenvalue weighted by molar-refractivity contribution is -0.123. The van der Waals surface area contributed by atoms with E-state index in [2.05, 4.69) is 12.2 Å². The Kier molecular flexibility index (Phi) is 17.4. The quantitative estimate of drug-likeness (QED) is 0.140. The van der Waals surface area contributed by atoms with Crippen molar-refractivity contribution in [2.75, 3.05) is 6.56 Å². The lowest BCUT2D eigenvalue weighted by Gasteiger charge is -2.19. The van der Waals surface area contributed by atoms with Crippen LogP contribution in [-0.2, 0) is 4.79 Å². The van der Waals surface area contributed by atoms with Crippen LogP contribution < -0.4 is 5.32 Å². The first-order valence-electron chi connectivity index (χ1n) is 12.7. The Bertz CT molecular complexity index is 439. The summed E-state index contributed by atoms with van der Waals surface area (Å²) in [6.45, 7) is 1.60. The van der Waals surface area contributed by atoms with Crippen molar-refractivity contribution >= 4 is 5.91 Å². The number of aliphatic hydroxyl groups is 2. The first-order chi connectivity index (χ1) is 14.3. The third-order valence-corrected chi connectivity index (χ3v) is 5.11. The summed E-state index contributed by atoms with van der Waals surface area (Å²) in [5, 5.41) is 22.4. The Morgan fingerprint density at radius 2 is 1.39 bits per heavy atom. The van der Waals surface area contributed by atoms with Crippen molar-refractivity contribution in [2.24, 2.45) is 0 Å². The van der Waals surface area contributed by atoms with Crippen molar-refractivity contribution in [1.29, 1.82) is 0 Å². The molecule has 0 saturated heterocycles. The molecule has 0 bridgehead atoms. The summed E-state index contributed by atoms with van der Waals surface area (Å²) < 4.78 is 15.0. The molecule has 0 aliphatic heterocycles. The highest BCUT2D eigenvalue weighted by Crippen LogP contribution is 2.12. The van der Waals surface area contributed by atoms with Crippen LogP contribution >= 0.6 is 0 Å². The highest BCUT2D eigenvalue weighted by atomic mass is 16.4. The average Bonchev–Trinajstić information content (AvgIpc) is 2.69. The zero-order valence-corrected chi connectivity index (χ0v) is 18.4. The van der Waals surface area contributed by atoms with E-state index < -0.39 is 18.7 Å². The van der Waals surface area contributed by atoms with Gasteiger partial charge < -0.3 is 15.5 Å². The van der Waals surface area contributed by atoms with Crippen molar-refractivity contribution in [1.82, 2.24) is 5.32 Å². The van der Waals surface area contributed by atoms with Gasteiger partial charge in [-0.05, 0) is 19.3 Å². The van der Waals surface area contributed by atoms with Gasteiger partial charge in [-0.3, -0.25) is 4.79 Å². The molecule has 0 aromatic carbocycles. The van der Waals surface area contributed by atoms with E-state index in [1.54, 1.807) is 0 Å². The van der Waals surface area contributed by atoms with Crippen LogP contribution in [0.1, 0.15) is 119 Å². The van der Waals surface area contributed by atoms with Gasteiger partial charge in [-0.25, -0.2) is 0 Å². The maximum absolute atomic E-state index is 11.9. The number of allylic oxidation sites excluding steroid dienone is 1. The molecular weight excluding hydrogens is 352 g/mol. The van der Waals surface area contributed by atoms with Crippen LogP contribution in [0, 0.1) is 0 Å². The minimum absolute atomic E-state index is 0.273. The highest BCUT2D eigenvalue weighted by molar-refractivity contribution is 5.76. The van der Waals surface area contributed by atoms with Gasteiger partial charge in [-0.1, -0.05) is 103 Å². The minimum atomic E-state index is -2.68. The molecule has 0 aliphatic rings. The van der Waals surface area contributed by atoms with Gasteiger partial charge in [0.05, 0.1) is 21.4 Å². The second-order valence-corrected chi connectivity index (χ2v) is 7.87. The molecule has 166 valence electrons. The van der Waals surface area contributed by atoms with E-state index in [0.29, 0.717) is 6.42 Å². The summed E-state index contributed by atoms with van der Waals surface area (Å²) in [4.78, 5) is 11.9. The van der Waals surface area contributed by atoms with Gasteiger partial charge in [0, 0.05) is 6.42 Å². The zero-order valence-electron chi connectivity index (χ0n) is 20.4. The first-order valence-corrected chi connectivity index (χ1v) is 11.7. The predicted molar refractivity (Wildman–Crippen MR) is 119 cm³/mol. The summed E-state index contributed by atoms with van der Waals surface area (Å²) in [6.07, 6.45) is 19.8. The molecule has 0 saturated carbocycles. The van der Waals surface area contributed by atoms with Crippen LogP contribution in [-0.4, -0.2) is 34.8 Å². The molecule has 0 spiro atoms. The number of hydrogen-bond acceptors (Lipinski definition) is 3. The van der Waals surface area contributed by atoms with E-state index in [0.717, 1.165) is 32.1 Å². The second-order valence-electron chi connectivity index (χ2n) is 7.87. The molecule has 2 atom stereocenters. The fraction of sp³-hybridized carbons (Fsp3) is 0.875. The van der Waals surface area contributed by atoms with Crippen LogP contribution in [0.25, 0.3) is 0 Å². The highest BCUT2D eigenvalue weighted by Gasteiger charge is 2.17. The van der Waals surface area contributed by atoms with E-state index in [1.807, 2.05) is 13.0 Å². The van der Waals surface area contributed by atoms with Crippen LogP contribution in [0.2, 0.25) is 0 Å². The molecule has 0 heterocycles. The largest absolute Gasteiger partial charge is 0.394 e. The number of carbonyl (C=O) groups is 1. The number of hydrogen-bond donors (Lipinski definition) is 3. The molecule has 0 aromatic heterocycles. The number of unbranched alkanes of at least 4 members (excludes halogenated alkanes) is 13. The molecule has 1 amide bonds. The van der Waals surface area contributed by atoms with E-state index in [9.17, 15) is 15.0 Å². The number of nitrogens with one attached hydrogen (secondary N) is 1. The number of carbonyl (C=O) groups excluding carboxylic acids is 1. The average molecular weight is 402 g/mol. The van der Waals surface area contributed by atoms with Crippen molar-refractivity contribution in [2.45, 2.75) is 129 Å². The molecular formula is C24H47NO3. The minimum Gasteiger partial charge on any atom is -0.394 e. The molecule has 4 heteroatoms. The fourth-order valence-corrected chi connectivity index (χ4v) is 3.25. The number of rotatable bonds is 20. The molecule has 4 nitrogen and oxygen atoms in total. The Morgan fingerprint density at radius 1 is 0.893 bits per heavy atom. The standard InChI is InChI=1S/C24H47NO3/c1-3-5-7-8-9-10-11-12-13-14-15-16-18-19-23(27)22(21-26)25-24(28)20-17-6-4-2/h18-19,22-23,26-27H,3-17,20-21H2,1-2H3,(H,25,28)/b19-18+/t22-,23+/m1/s1/i21+1D2,22+1. The third-order valence-electron chi connectivity index (χ3n) is 5.11. The van der Waals surface area contributed by atoms with Gasteiger partial charge >= 0.3 is 0 Å². The topological polar surface area (TPSA) is 69.6 Å². The Balaban J connectivity index is 3.98. The van der Waals surface area contributed by atoms with Crippen LogP contribution in [0.5, 0.6) is 0 Å². The van der Waals surface area contributed by atoms with Crippen molar-refractivity contribution in [3.05, 3.63) is 12.2 Å². The maximum atomic E-state index is 11.9. The predicted octanol–water partition coefficient (Wildman–Crippen LogP) is 5.66. The van der Waals surface area contributed by atoms with E-state index in [1.165, 1.54) is 63.9 Å². The van der Waals surface area contributed by atoms with Gasteiger partial charge in [0.2, 0.25) is 5.91 Å². The van der Waals surface area contributed by atoms with Crippen molar-refractivity contribution in [3.63, 3.8) is 0 Å². The van der Waals surface area contributed by atoms with Crippen LogP contribution in [0.3, 0.4) is 0 Å². The summed E-state index contributed by atoms with van der Waals surface area (Å²) in [5.41, 5.74) is 0. The van der Waals surface area contributed by atoms with Gasteiger partial charge in [0.15, 0.2) is 0 Å². The van der Waals surface area contributed by atoms with Crippen molar-refractivity contribution in [3.8, 4) is 0 Å². The molecule has 0 aromatic rings. The van der Waals surface area contributed by atoms with E-state index >= 15 is 0 Å². The molecule has 0 unspecified atom stereocenters. The SMILES string of the molecule is [2H][13C]([2H])(O)[13C@@H](NC(=O)CCCCC)[C@@H](O)/C=C/CCCCCCCCCCCCC. The van der Waals surface area contributed by atoms with Gasteiger partial charge in [-0.15, -0.1) is 0 Å². The van der Waals surface area contributed by atoms with Crippen LogP contribution in [0.4, 0.5) is 0 Å². The number of aliphatic hydroxyl groups excluding tert-OH is 1. The smallest absolute Gasteiger partial charge is 0.220 e. The lowest BCUT2D eigenvalue weighted by atomic mass is 10.1. The molecule has 0 rings (SSSR count). The van der Waals surface area contributed by atoms with Gasteiger partial charge in [-0.2, -0.15) is 0 Å². The first kappa shape index (κ1) is 23.4. The summed E-state index contributed by atoms with van der Waals surface area (Å²) in [6, 6.07) is -1.36. The molecule has 0 aliphatic carbocycles. The monoisotopic (exact) mass is 401 g/mol. The molecule has 0 radical (unpaired) electrons. The van der Waals surface area contributed by atoms with Crippen molar-refractivity contribution < 1.29 is 17.7 Å². The summed E-state index contributed by atoms with van der Waals surface area (Å²) >= 11 is 0. The van der Waals surface area contributed by atoms with Gasteiger partial charge in [0.25, 0.3) is 0 Å². The fourth-order valence-electron chi connectivity index (χ4n) is 3.25. The summed E-state index contributed by atoms with van der Waals surface area (Å²) in [5.74, 6) is -0.343. The van der Waals surface area contributed by atoms with Crippen LogP contribution in [0.15, 0.2) is 12.2 Å². The zero-order chi connectivity index (χ0) is 22.7. The second kappa shape index (κ2) is 20.9. The summed E-state index contributed by atoms with van der Waals surface area (Å²) in [7, 11) is 0. The van der Waals surface area contributed by atoms with Gasteiger partial charge in [0.1, 0.15) is 0 Å². The maximum Gasteiger partial charge on any atom is 0.220 e.